The summed E-state index contributed by atoms with van der Waals surface area (Å²) in [5, 5.41) is 35.6. The Balaban J connectivity index is 0.00000271. The third-order valence-electron chi connectivity index (χ3n) is 18.2. The highest BCUT2D eigenvalue weighted by atomic mass is 32.2. The molecule has 31 heteroatoms. The fourth-order valence-corrected chi connectivity index (χ4v) is 14.2. The molecule has 0 bridgehead atoms. The highest BCUT2D eigenvalue weighted by Gasteiger charge is 2.46. The van der Waals surface area contributed by atoms with Gasteiger partial charge in [0.1, 0.15) is 47.0 Å². The molecule has 0 radical (unpaired) electrons. The fraction of sp³-hybridized carbons (Fsp3) is 0.446. The second-order valence-corrected chi connectivity index (χ2v) is 30.4. The summed E-state index contributed by atoms with van der Waals surface area (Å²) in [6.07, 6.45) is 11.5. The van der Waals surface area contributed by atoms with Crippen LogP contribution >= 0.6 is 0 Å². The zero-order chi connectivity index (χ0) is 77.7. The van der Waals surface area contributed by atoms with Gasteiger partial charge in [-0.15, -0.1) is 12.6 Å². The van der Waals surface area contributed by atoms with E-state index in [2.05, 4.69) is 108 Å². The van der Waals surface area contributed by atoms with Crippen molar-refractivity contribution in [2.75, 3.05) is 37.7 Å². The van der Waals surface area contributed by atoms with Crippen LogP contribution < -0.4 is 25.6 Å². The number of benzene rings is 4. The number of allylic oxidation sites excluding steroid dienone is 7. The second-order valence-electron chi connectivity index (χ2n) is 26.8. The summed E-state index contributed by atoms with van der Waals surface area (Å²) < 4.78 is 100. The molecule has 4 aromatic carbocycles. The standard InChI is InChI=1S/C73H91N5O18S2.CO2.O3S/c1-49-26-35-63-60(44-49)73(4,5)65(78(63)41-12-14-43-98(92,93)94)37-30-53-21-15-20-52(29-36-64-72(2,3)59-23-9-10-24-62(59)77(64)40-11-13-42-97(89,90)91)67(53)95-58-32-27-51(28-33-58)46-55(70(86)96-88)48-56(79)22-16-38-74-68(83)54(45-50-18-7-6-8-19-50)47-57(80)31-34-61(69(84)85)76-71(87)75-39-17-25-66(81)82;2-1-3;1-4(2)3/h6-10,18-19,23-24,26-30,32-33,35-37,44,54-55,61H,11-17,20-22,25,31,34,38-43,45-48H2,1-5H3,(H7-,74,75,76,81,82,83,84,85,87,88,89,90,91,92,93,94);;/p+2/t54-,55-,61+;;/m1../s1. The Morgan fingerprint density at radius 2 is 1.28 bits per heavy atom. The number of urea groups is 1. The first kappa shape index (κ1) is 86.2. The predicted octanol–water partition coefficient (Wildman–Crippen LogP) is 7.76. The highest BCUT2D eigenvalue weighted by Crippen LogP contribution is 2.43. The van der Waals surface area contributed by atoms with Gasteiger partial charge in [0.15, 0.2) is 5.71 Å². The number of aryl methyl sites for hydroxylation is 1. The van der Waals surface area contributed by atoms with Crippen LogP contribution in [-0.2, 0) is 97.8 Å². The number of rotatable bonds is 38. The molecule has 3 amide bonds. The number of ether oxygens (including phenoxy) is 1. The topological polar surface area (TPSA) is 436 Å². The second kappa shape index (κ2) is 41.3. The summed E-state index contributed by atoms with van der Waals surface area (Å²) in [6, 6.07) is 28.2. The number of hydrogen-bond acceptors (Lipinski definition) is 19. The number of amides is 3. The SMILES string of the molecule is Cc1ccc2c(c1)C(C)(C)C(/C=C/C1=C(Oc3ccc(C[C@H](CC(=O)CCCNC(=O)[C@@H](CC(=O)CC[C@H](NC(=O)NCCCC(=O)O)C(=O)O)Cc4ccccc4)C(=O)OO)cc3)C(=C/C=C3/[NH+](CCCCS(=O)(=O)O)c4ccccc4C3(C)C)/CCC1)=[N+]2CCCCS(=O)(=O)O.O=C=O.O=S(=O)=O. The summed E-state index contributed by atoms with van der Waals surface area (Å²) in [5.41, 5.74) is 9.85. The van der Waals surface area contributed by atoms with Crippen molar-refractivity contribution in [3.05, 3.63) is 172 Å². The molecule has 1 aliphatic carbocycles. The Labute approximate surface area is 612 Å². The van der Waals surface area contributed by atoms with Crippen molar-refractivity contribution in [1.29, 1.82) is 0 Å². The Morgan fingerprint density at radius 3 is 1.91 bits per heavy atom. The zero-order valence-corrected chi connectivity index (χ0v) is 61.7. The number of carbonyl (C=O) groups is 7. The van der Waals surface area contributed by atoms with Gasteiger partial charge in [-0.1, -0.05) is 72.3 Å². The van der Waals surface area contributed by atoms with Crippen molar-refractivity contribution in [3.8, 4) is 5.75 Å². The van der Waals surface area contributed by atoms with Gasteiger partial charge < -0.3 is 35.8 Å². The van der Waals surface area contributed by atoms with Gasteiger partial charge in [-0.2, -0.15) is 36.3 Å². The lowest BCUT2D eigenvalue weighted by Crippen LogP contribution is -3.04. The third-order valence-corrected chi connectivity index (χ3v) is 19.9. The molecule has 4 aromatic rings. The summed E-state index contributed by atoms with van der Waals surface area (Å²) in [4.78, 5) is 110. The first-order valence-electron chi connectivity index (χ1n) is 34.3. The summed E-state index contributed by atoms with van der Waals surface area (Å²) in [5.74, 6) is -6.23. The minimum absolute atomic E-state index is 0.00721. The number of nitrogens with zero attached hydrogens (tertiary/aromatic N) is 1. The third kappa shape index (κ3) is 28.2. The van der Waals surface area contributed by atoms with Gasteiger partial charge in [0, 0.05) is 80.8 Å². The maximum absolute atomic E-state index is 13.7. The Kier molecular flexibility index (Phi) is 33.9. The Morgan fingerprint density at radius 1 is 0.686 bits per heavy atom. The van der Waals surface area contributed by atoms with Crippen LogP contribution in [-0.4, -0.2) is 156 Å². The van der Waals surface area contributed by atoms with Crippen molar-refractivity contribution < 1.29 is 116 Å². The van der Waals surface area contributed by atoms with Gasteiger partial charge in [0.2, 0.25) is 11.6 Å². The maximum Gasteiger partial charge on any atom is 0.425 e. The fourth-order valence-electron chi connectivity index (χ4n) is 13.1. The number of fused-ring (bicyclic) bond motifs is 2. The van der Waals surface area contributed by atoms with Crippen LogP contribution in [0.15, 0.2) is 144 Å². The molecule has 1 unspecified atom stereocenters. The molecule has 0 aromatic heterocycles. The minimum atomic E-state index is -4.15. The van der Waals surface area contributed by atoms with Gasteiger partial charge >= 0.3 is 40.7 Å². The lowest BCUT2D eigenvalue weighted by molar-refractivity contribution is -0.789. The van der Waals surface area contributed by atoms with E-state index in [4.69, 9.17) is 32.1 Å². The smallest absolute Gasteiger partial charge is 0.425 e. The Bertz CT molecular complexity index is 4310. The van der Waals surface area contributed by atoms with Gasteiger partial charge in [-0.05, 0) is 170 Å². The van der Waals surface area contributed by atoms with Crippen LogP contribution in [0, 0.1) is 18.8 Å². The molecule has 4 atom stereocenters. The zero-order valence-electron chi connectivity index (χ0n) is 59.3. The molecule has 0 saturated carbocycles. The predicted molar refractivity (Wildman–Crippen MR) is 383 cm³/mol. The monoisotopic (exact) mass is 1520 g/mol. The molecule has 0 spiro atoms. The number of carboxylic acid groups (broad SMARTS) is 2. The highest BCUT2D eigenvalue weighted by molar-refractivity contribution is 7.86. The van der Waals surface area contributed by atoms with Crippen molar-refractivity contribution >= 4 is 95.5 Å². The number of quaternary nitrogens is 1. The van der Waals surface area contributed by atoms with Crippen LogP contribution in [0.1, 0.15) is 152 Å². The van der Waals surface area contributed by atoms with E-state index in [-0.39, 0.29) is 114 Å². The summed E-state index contributed by atoms with van der Waals surface area (Å²) in [6.45, 7) is 11.8. The molecule has 3 aliphatic rings. The molecule has 0 saturated heterocycles. The molecule has 2 aliphatic heterocycles. The molecule has 105 heavy (non-hydrogen) atoms. The number of Topliss-reactive ketones (excluding diaryl/α,β-unsaturated/α-hetero) is 2. The quantitative estimate of drug-likeness (QED) is 0.00680. The normalized spacial score (nSPS) is 16.6. The van der Waals surface area contributed by atoms with E-state index in [9.17, 15) is 69.9 Å². The number of carbonyl (C=O) groups excluding carboxylic acids is 7. The number of aliphatic carboxylic acids is 2. The average Bonchev–Trinajstić information content (AvgIpc) is 1.60. The van der Waals surface area contributed by atoms with Crippen LogP contribution in [0.5, 0.6) is 5.75 Å². The van der Waals surface area contributed by atoms with E-state index < -0.39 is 95.2 Å². The molecule has 0 fully saturated rings. The molecular formula is C74H93N5O23S3+2. The lowest BCUT2D eigenvalue weighted by Gasteiger charge is -2.24. The van der Waals surface area contributed by atoms with Gasteiger partial charge in [0.25, 0.3) is 20.2 Å². The van der Waals surface area contributed by atoms with Crippen molar-refractivity contribution in [2.45, 2.75) is 161 Å². The number of hydrogen-bond donors (Lipinski definition) is 9. The number of ketones is 2. The molecular weight excluding hydrogens is 1420 g/mol. The van der Waals surface area contributed by atoms with E-state index in [1.165, 1.54) is 0 Å². The molecule has 28 nitrogen and oxygen atoms in total. The van der Waals surface area contributed by atoms with Crippen molar-refractivity contribution in [3.63, 3.8) is 0 Å². The number of para-hydroxylation sites is 1. The maximum atomic E-state index is 13.7. The minimum Gasteiger partial charge on any atom is -0.481 e. The summed E-state index contributed by atoms with van der Waals surface area (Å²) in [7, 11) is -11.4. The molecule has 2 heterocycles. The van der Waals surface area contributed by atoms with Crippen LogP contribution in [0.3, 0.4) is 0 Å². The van der Waals surface area contributed by atoms with E-state index in [0.717, 1.165) is 67.5 Å². The molecule has 7 rings (SSSR count). The van der Waals surface area contributed by atoms with Gasteiger partial charge in [-0.3, -0.25) is 33.2 Å². The first-order chi connectivity index (χ1) is 49.6. The van der Waals surface area contributed by atoms with Crippen LogP contribution in [0.2, 0.25) is 0 Å². The van der Waals surface area contributed by atoms with Crippen molar-refractivity contribution in [2.24, 2.45) is 11.8 Å². The lowest BCUT2D eigenvalue weighted by atomic mass is 9.80. The van der Waals surface area contributed by atoms with Crippen LogP contribution in [0.25, 0.3) is 0 Å². The number of nitrogens with one attached hydrogen (secondary N) is 4. The van der Waals surface area contributed by atoms with E-state index >= 15 is 0 Å². The van der Waals surface area contributed by atoms with Crippen LogP contribution in [0.4, 0.5) is 16.2 Å². The first-order valence-corrected chi connectivity index (χ1v) is 38.5. The van der Waals surface area contributed by atoms with E-state index in [1.807, 2.05) is 19.1 Å². The largest absolute Gasteiger partial charge is 0.481 e. The number of unbranched alkanes of at least 4 members (excludes halogenated alkanes) is 2. The molecule has 9 N–H and O–H groups in total. The van der Waals surface area contributed by atoms with E-state index in [0.29, 0.717) is 55.8 Å². The average molecular weight is 1520 g/mol. The summed E-state index contributed by atoms with van der Waals surface area (Å²) >= 11 is 0. The van der Waals surface area contributed by atoms with Crippen molar-refractivity contribution in [1.82, 2.24) is 16.0 Å². The van der Waals surface area contributed by atoms with Gasteiger partial charge in [-0.25, -0.2) is 14.4 Å². The van der Waals surface area contributed by atoms with E-state index in [1.54, 1.807) is 54.6 Å². The van der Waals surface area contributed by atoms with Gasteiger partial charge in [0.05, 0.1) is 34.8 Å². The molecule has 568 valence electrons. The Hall–Kier alpha value is -9.46. The number of carboxylic acids is 2.